The molecule has 266 valence electrons. The fraction of sp³-hybridized carbons (Fsp3) is 0. The van der Waals surface area contributed by atoms with Gasteiger partial charge in [0.05, 0.1) is 0 Å². The Hall–Kier alpha value is -7.69. The van der Waals surface area contributed by atoms with Gasteiger partial charge in [0.2, 0.25) is 0 Å². The van der Waals surface area contributed by atoms with Crippen molar-refractivity contribution in [2.24, 2.45) is 0 Å². The lowest BCUT2D eigenvalue weighted by Gasteiger charge is -2.10. The molecule has 0 aliphatic carbocycles. The van der Waals surface area contributed by atoms with Gasteiger partial charge >= 0.3 is 0 Å². The van der Waals surface area contributed by atoms with E-state index >= 15 is 0 Å². The van der Waals surface area contributed by atoms with Crippen LogP contribution in [-0.2, 0) is 0 Å². The Morgan fingerprint density at radius 2 is 0.754 bits per heavy atom. The van der Waals surface area contributed by atoms with E-state index in [-0.39, 0.29) is 0 Å². The summed E-state index contributed by atoms with van der Waals surface area (Å²) in [5.74, 6) is 1.95. The molecular weight excluding hydrogens is 695 g/mol. The number of benzene rings is 9. The summed E-state index contributed by atoms with van der Waals surface area (Å²) >= 11 is 0. The van der Waals surface area contributed by atoms with Crippen LogP contribution in [0.2, 0.25) is 0 Å². The number of hydrogen-bond acceptors (Lipinski definition) is 4. The van der Waals surface area contributed by atoms with E-state index in [0.717, 1.165) is 71.7 Å². The summed E-state index contributed by atoms with van der Waals surface area (Å²) in [5.41, 5.74) is 11.6. The largest absolute Gasteiger partial charge is 0.455 e. The molecule has 0 bridgehead atoms. The molecule has 0 amide bonds. The van der Waals surface area contributed by atoms with Gasteiger partial charge in [0, 0.05) is 32.8 Å². The third-order valence-corrected chi connectivity index (χ3v) is 10.9. The summed E-state index contributed by atoms with van der Waals surface area (Å²) < 4.78 is 6.67. The first kappa shape index (κ1) is 32.7. The van der Waals surface area contributed by atoms with Crippen LogP contribution in [0, 0.1) is 0 Å². The number of fused-ring (bicyclic) bond motifs is 6. The molecule has 4 heteroatoms. The van der Waals surface area contributed by atoms with Crippen LogP contribution < -0.4 is 0 Å². The van der Waals surface area contributed by atoms with Crippen molar-refractivity contribution in [1.82, 2.24) is 15.0 Å². The van der Waals surface area contributed by atoms with Gasteiger partial charge in [-0.2, -0.15) is 0 Å². The van der Waals surface area contributed by atoms with Crippen LogP contribution in [0.4, 0.5) is 0 Å². The molecular formula is C53H33N3O. The minimum atomic E-state index is 0.642. The van der Waals surface area contributed by atoms with Gasteiger partial charge in [-0.15, -0.1) is 0 Å². The lowest BCUT2D eigenvalue weighted by Crippen LogP contribution is -2.00. The van der Waals surface area contributed by atoms with E-state index in [9.17, 15) is 0 Å². The second-order valence-corrected chi connectivity index (χ2v) is 14.4. The predicted molar refractivity (Wildman–Crippen MR) is 235 cm³/mol. The normalized spacial score (nSPS) is 11.5. The molecule has 0 fully saturated rings. The number of furan rings is 1. The van der Waals surface area contributed by atoms with Crippen LogP contribution in [0.5, 0.6) is 0 Å². The maximum Gasteiger partial charge on any atom is 0.164 e. The van der Waals surface area contributed by atoms with Crippen molar-refractivity contribution in [1.29, 1.82) is 0 Å². The van der Waals surface area contributed by atoms with E-state index in [1.54, 1.807) is 0 Å². The van der Waals surface area contributed by atoms with E-state index in [1.807, 2.05) is 60.7 Å². The van der Waals surface area contributed by atoms with E-state index in [2.05, 4.69) is 140 Å². The third kappa shape index (κ3) is 5.92. The zero-order valence-corrected chi connectivity index (χ0v) is 30.8. The molecule has 0 aliphatic heterocycles. The molecule has 11 rings (SSSR count). The zero-order valence-electron chi connectivity index (χ0n) is 30.8. The second-order valence-electron chi connectivity index (χ2n) is 14.4. The summed E-state index contributed by atoms with van der Waals surface area (Å²) in [6.07, 6.45) is 0. The molecule has 57 heavy (non-hydrogen) atoms. The highest BCUT2D eigenvalue weighted by atomic mass is 16.3. The fourth-order valence-corrected chi connectivity index (χ4v) is 7.98. The van der Waals surface area contributed by atoms with Gasteiger partial charge in [-0.05, 0) is 73.8 Å². The Balaban J connectivity index is 0.932. The lowest BCUT2D eigenvalue weighted by molar-refractivity contribution is 0.673. The summed E-state index contributed by atoms with van der Waals surface area (Å²) in [4.78, 5) is 14.7. The lowest BCUT2D eigenvalue weighted by atomic mass is 9.93. The van der Waals surface area contributed by atoms with Crippen LogP contribution in [0.3, 0.4) is 0 Å². The van der Waals surface area contributed by atoms with Crippen LogP contribution in [0.15, 0.2) is 205 Å². The molecule has 0 unspecified atom stereocenters. The molecule has 0 radical (unpaired) electrons. The molecule has 2 heterocycles. The van der Waals surface area contributed by atoms with Crippen molar-refractivity contribution in [3.63, 3.8) is 0 Å². The average Bonchev–Trinajstić information content (AvgIpc) is 3.67. The highest BCUT2D eigenvalue weighted by molar-refractivity contribution is 6.19. The van der Waals surface area contributed by atoms with Crippen LogP contribution >= 0.6 is 0 Å². The second kappa shape index (κ2) is 13.6. The third-order valence-electron chi connectivity index (χ3n) is 10.9. The molecule has 9 aromatic carbocycles. The van der Waals surface area contributed by atoms with Gasteiger partial charge in [0.15, 0.2) is 17.5 Å². The van der Waals surface area contributed by atoms with Gasteiger partial charge in [-0.1, -0.05) is 176 Å². The molecule has 0 saturated carbocycles. The first-order valence-corrected chi connectivity index (χ1v) is 19.2. The Labute approximate surface area is 329 Å². The first-order valence-electron chi connectivity index (χ1n) is 19.2. The Bertz CT molecular complexity index is 3200. The summed E-state index contributed by atoms with van der Waals surface area (Å²) in [5, 5.41) is 6.97. The van der Waals surface area contributed by atoms with E-state index in [1.165, 1.54) is 21.9 Å². The SMILES string of the molecule is c1ccc(-c2nc(-c3ccccc3)nc(-c3ccc(-c4ccc(-c5cc6c7ccc(-c8ccc9ccccc9c8)cc7oc6c6ccccc56)cc4)cc3)n2)cc1. The molecule has 0 atom stereocenters. The minimum absolute atomic E-state index is 0.642. The van der Waals surface area contributed by atoms with Gasteiger partial charge in [-0.3, -0.25) is 0 Å². The summed E-state index contributed by atoms with van der Waals surface area (Å²) in [6, 6.07) is 70.0. The van der Waals surface area contributed by atoms with Crippen LogP contribution in [-0.4, -0.2) is 15.0 Å². The number of aromatic nitrogens is 3. The van der Waals surface area contributed by atoms with Crippen molar-refractivity contribution in [2.75, 3.05) is 0 Å². The van der Waals surface area contributed by atoms with Gasteiger partial charge in [0.1, 0.15) is 11.2 Å². The maximum absolute atomic E-state index is 6.67. The summed E-state index contributed by atoms with van der Waals surface area (Å²) in [6.45, 7) is 0. The van der Waals surface area contributed by atoms with Crippen molar-refractivity contribution < 1.29 is 4.42 Å². The zero-order chi connectivity index (χ0) is 37.7. The molecule has 11 aromatic rings. The van der Waals surface area contributed by atoms with Gasteiger partial charge in [0.25, 0.3) is 0 Å². The smallest absolute Gasteiger partial charge is 0.164 e. The van der Waals surface area contributed by atoms with Gasteiger partial charge in [-0.25, -0.2) is 15.0 Å². The Morgan fingerprint density at radius 3 is 1.40 bits per heavy atom. The molecule has 0 N–H and O–H groups in total. The molecule has 4 nitrogen and oxygen atoms in total. The highest BCUT2D eigenvalue weighted by Gasteiger charge is 2.17. The van der Waals surface area contributed by atoms with Crippen molar-refractivity contribution in [3.8, 4) is 67.5 Å². The Morgan fingerprint density at radius 1 is 0.281 bits per heavy atom. The van der Waals surface area contributed by atoms with E-state index < -0.39 is 0 Å². The highest BCUT2D eigenvalue weighted by Crippen LogP contribution is 2.41. The quantitative estimate of drug-likeness (QED) is 0.171. The number of nitrogens with zero attached hydrogens (tertiary/aromatic N) is 3. The van der Waals surface area contributed by atoms with Crippen molar-refractivity contribution in [3.05, 3.63) is 200 Å². The monoisotopic (exact) mass is 727 g/mol. The molecule has 0 saturated heterocycles. The maximum atomic E-state index is 6.67. The Kier molecular flexibility index (Phi) is 7.78. The minimum Gasteiger partial charge on any atom is -0.455 e. The molecule has 0 aliphatic rings. The number of rotatable bonds is 6. The average molecular weight is 728 g/mol. The standard InChI is InChI=1S/C53H33N3O/c1-3-12-38(13-4-1)51-54-52(39-14-5-2-6-15-39)56-53(55-51)40-26-21-36(22-27-40)35-19-24-37(25-20-35)47-33-48-45-30-29-43(42-28-23-34-11-7-8-16-41(34)31-42)32-49(45)57-50(48)46-18-10-9-17-44(46)47/h1-33H. The van der Waals surface area contributed by atoms with E-state index in [0.29, 0.717) is 17.5 Å². The van der Waals surface area contributed by atoms with E-state index in [4.69, 9.17) is 19.4 Å². The summed E-state index contributed by atoms with van der Waals surface area (Å²) in [7, 11) is 0. The van der Waals surface area contributed by atoms with Crippen LogP contribution in [0.25, 0.3) is 111 Å². The fourth-order valence-electron chi connectivity index (χ4n) is 7.98. The van der Waals surface area contributed by atoms with Gasteiger partial charge < -0.3 is 4.42 Å². The molecule has 2 aromatic heterocycles. The van der Waals surface area contributed by atoms with Crippen molar-refractivity contribution >= 4 is 43.5 Å². The first-order chi connectivity index (χ1) is 28.2. The van der Waals surface area contributed by atoms with Crippen LogP contribution in [0.1, 0.15) is 0 Å². The topological polar surface area (TPSA) is 51.8 Å². The number of hydrogen-bond donors (Lipinski definition) is 0. The predicted octanol–water partition coefficient (Wildman–Crippen LogP) is 14.1. The van der Waals surface area contributed by atoms with Crippen molar-refractivity contribution in [2.45, 2.75) is 0 Å². The molecule has 0 spiro atoms.